The number of aromatic amines is 1. The average molecular weight is 270 g/mol. The Morgan fingerprint density at radius 3 is 2.47 bits per heavy atom. The molecular formula is C10H4F2N2O5. The molecule has 0 fully saturated rings. The maximum atomic E-state index is 13.4. The monoisotopic (exact) mass is 270 g/mol. The van der Waals surface area contributed by atoms with Crippen LogP contribution in [0.25, 0.3) is 10.9 Å². The second-order valence-corrected chi connectivity index (χ2v) is 3.55. The van der Waals surface area contributed by atoms with Crippen LogP contribution in [0.5, 0.6) is 5.75 Å². The van der Waals surface area contributed by atoms with Crippen molar-refractivity contribution in [2.24, 2.45) is 0 Å². The van der Waals surface area contributed by atoms with Gasteiger partial charge in [0.2, 0.25) is 5.82 Å². The van der Waals surface area contributed by atoms with Gasteiger partial charge in [-0.1, -0.05) is 0 Å². The molecule has 98 valence electrons. The molecule has 1 aromatic carbocycles. The van der Waals surface area contributed by atoms with Gasteiger partial charge in [-0.3, -0.25) is 19.7 Å². The Bertz CT molecular complexity index is 831. The number of hydrogen-bond donors (Lipinski definition) is 2. The number of halogens is 2. The molecule has 0 atom stereocenters. The lowest BCUT2D eigenvalue weighted by molar-refractivity contribution is -0.385. The summed E-state index contributed by atoms with van der Waals surface area (Å²) in [5, 5.41) is 19.4. The predicted octanol–water partition coefficient (Wildman–Crippen LogP) is 0.780. The van der Waals surface area contributed by atoms with Gasteiger partial charge in [0.1, 0.15) is 0 Å². The van der Waals surface area contributed by atoms with E-state index < -0.39 is 49.9 Å². The van der Waals surface area contributed by atoms with Crippen LogP contribution >= 0.6 is 0 Å². The van der Waals surface area contributed by atoms with Crippen LogP contribution in [0.2, 0.25) is 0 Å². The average Bonchev–Trinajstić information content (AvgIpc) is 2.42. The minimum atomic E-state index is -1.75. The molecule has 1 heterocycles. The quantitative estimate of drug-likeness (QED) is 0.451. The number of rotatable bonds is 1. The molecule has 1 aromatic heterocycles. The van der Waals surface area contributed by atoms with Gasteiger partial charge >= 0.3 is 5.69 Å². The maximum Gasteiger partial charge on any atom is 0.317 e. The van der Waals surface area contributed by atoms with Crippen molar-refractivity contribution in [3.05, 3.63) is 54.5 Å². The van der Waals surface area contributed by atoms with E-state index in [9.17, 15) is 33.6 Å². The number of H-pyrrole nitrogens is 1. The summed E-state index contributed by atoms with van der Waals surface area (Å²) in [5.74, 6) is -4.42. The molecule has 2 aromatic rings. The van der Waals surface area contributed by atoms with Gasteiger partial charge in [-0.25, -0.2) is 4.39 Å². The fraction of sp³-hybridized carbons (Fsp3) is 0. The van der Waals surface area contributed by atoms with E-state index in [1.807, 2.05) is 4.98 Å². The number of nitro benzene ring substituents is 1. The molecule has 0 aliphatic carbocycles. The van der Waals surface area contributed by atoms with Crippen molar-refractivity contribution < 1.29 is 18.8 Å². The molecule has 2 N–H and O–H groups in total. The molecule has 0 aliphatic rings. The van der Waals surface area contributed by atoms with E-state index in [0.717, 1.165) is 0 Å². The lowest BCUT2D eigenvalue weighted by Gasteiger charge is -1.99. The van der Waals surface area contributed by atoms with Gasteiger partial charge in [-0.05, 0) is 0 Å². The first kappa shape index (κ1) is 12.6. The van der Waals surface area contributed by atoms with Gasteiger partial charge in [0, 0.05) is 12.1 Å². The minimum Gasteiger partial charge on any atom is -0.504 e. The molecule has 0 unspecified atom stereocenters. The Labute approximate surface area is 101 Å². The zero-order chi connectivity index (χ0) is 14.3. The first-order valence-electron chi connectivity index (χ1n) is 4.75. The fourth-order valence-corrected chi connectivity index (χ4v) is 1.55. The standard InChI is InChI=1S/C10H4F2N2O5/c11-4-2-5-3(8(7(4)12)14(18)19)1-6(15)9(16)10(17)13-5/h1-2H,(H2,13,15,16,17). The van der Waals surface area contributed by atoms with Crippen molar-refractivity contribution in [3.63, 3.8) is 0 Å². The zero-order valence-corrected chi connectivity index (χ0v) is 8.94. The number of benzene rings is 1. The molecule has 0 saturated carbocycles. The number of nitrogens with zero attached hydrogens (tertiary/aromatic N) is 1. The van der Waals surface area contributed by atoms with Crippen molar-refractivity contribution in [1.82, 2.24) is 4.98 Å². The number of aromatic hydroxyl groups is 1. The van der Waals surface area contributed by atoms with Crippen LogP contribution in [-0.2, 0) is 0 Å². The number of aromatic nitrogens is 1. The van der Waals surface area contributed by atoms with E-state index in [1.165, 1.54) is 0 Å². The first-order valence-corrected chi connectivity index (χ1v) is 4.75. The van der Waals surface area contributed by atoms with Gasteiger partial charge in [-0.2, -0.15) is 4.39 Å². The molecule has 0 radical (unpaired) electrons. The molecule has 0 bridgehead atoms. The molecule has 0 spiro atoms. The molecule has 19 heavy (non-hydrogen) atoms. The van der Waals surface area contributed by atoms with Crippen LogP contribution in [0.3, 0.4) is 0 Å². The van der Waals surface area contributed by atoms with Crippen molar-refractivity contribution in [2.45, 2.75) is 0 Å². The van der Waals surface area contributed by atoms with Crippen molar-refractivity contribution in [3.8, 4) is 5.75 Å². The summed E-state index contributed by atoms with van der Waals surface area (Å²) in [6.45, 7) is 0. The molecule has 9 heteroatoms. The van der Waals surface area contributed by atoms with Gasteiger partial charge in [-0.15, -0.1) is 0 Å². The van der Waals surface area contributed by atoms with E-state index in [1.54, 1.807) is 0 Å². The van der Waals surface area contributed by atoms with E-state index in [2.05, 4.69) is 0 Å². The fourth-order valence-electron chi connectivity index (χ4n) is 1.55. The summed E-state index contributed by atoms with van der Waals surface area (Å²) in [6.07, 6.45) is 0. The molecule has 7 nitrogen and oxygen atoms in total. The third-order valence-electron chi connectivity index (χ3n) is 2.38. The van der Waals surface area contributed by atoms with Crippen LogP contribution in [0, 0.1) is 21.7 Å². The summed E-state index contributed by atoms with van der Waals surface area (Å²) in [4.78, 5) is 33.7. The van der Waals surface area contributed by atoms with Gasteiger partial charge in [0.05, 0.1) is 15.8 Å². The molecule has 0 amide bonds. The highest BCUT2D eigenvalue weighted by atomic mass is 19.2. The third-order valence-corrected chi connectivity index (χ3v) is 2.38. The number of nitrogens with one attached hydrogen (secondary N) is 1. The van der Waals surface area contributed by atoms with Crippen molar-refractivity contribution in [2.75, 3.05) is 0 Å². The summed E-state index contributed by atoms with van der Waals surface area (Å²) in [6, 6.07) is 1.02. The second-order valence-electron chi connectivity index (χ2n) is 3.55. The van der Waals surface area contributed by atoms with Gasteiger partial charge in [0.15, 0.2) is 11.6 Å². The highest BCUT2D eigenvalue weighted by Gasteiger charge is 2.24. The van der Waals surface area contributed by atoms with E-state index in [4.69, 9.17) is 0 Å². The Balaban J connectivity index is 3.19. The van der Waals surface area contributed by atoms with Gasteiger partial charge in [0.25, 0.3) is 11.0 Å². The largest absolute Gasteiger partial charge is 0.504 e. The van der Waals surface area contributed by atoms with Crippen LogP contribution in [0.15, 0.2) is 21.7 Å². The number of fused-ring (bicyclic) bond motifs is 1. The molecule has 2 rings (SSSR count). The zero-order valence-electron chi connectivity index (χ0n) is 8.94. The summed E-state index contributed by atoms with van der Waals surface area (Å²) >= 11 is 0. The molecular weight excluding hydrogens is 266 g/mol. The van der Waals surface area contributed by atoms with E-state index >= 15 is 0 Å². The van der Waals surface area contributed by atoms with Gasteiger partial charge < -0.3 is 10.1 Å². The third kappa shape index (κ3) is 1.90. The van der Waals surface area contributed by atoms with Crippen LogP contribution in [0.1, 0.15) is 0 Å². The first-order chi connectivity index (χ1) is 8.82. The highest BCUT2D eigenvalue weighted by molar-refractivity contribution is 5.88. The van der Waals surface area contributed by atoms with Crippen molar-refractivity contribution in [1.29, 1.82) is 0 Å². The molecule has 0 aliphatic heterocycles. The second kappa shape index (κ2) is 4.12. The topological polar surface area (TPSA) is 113 Å². The molecule has 0 saturated heterocycles. The lowest BCUT2D eigenvalue weighted by Crippen LogP contribution is -2.22. The number of nitro groups is 1. The van der Waals surface area contributed by atoms with E-state index in [-0.39, 0.29) is 0 Å². The highest BCUT2D eigenvalue weighted by Crippen LogP contribution is 2.29. The minimum absolute atomic E-state index is 0.479. The van der Waals surface area contributed by atoms with Crippen LogP contribution < -0.4 is 11.0 Å². The van der Waals surface area contributed by atoms with Crippen molar-refractivity contribution >= 4 is 16.6 Å². The predicted molar refractivity (Wildman–Crippen MR) is 59.1 cm³/mol. The van der Waals surface area contributed by atoms with Crippen LogP contribution in [-0.4, -0.2) is 15.0 Å². The number of hydrogen-bond acceptors (Lipinski definition) is 5. The van der Waals surface area contributed by atoms with Crippen LogP contribution in [0.4, 0.5) is 14.5 Å². The SMILES string of the molecule is O=c1[nH]c2cc(F)c(F)c([N+](=O)[O-])c2cc(O)c1=O. The smallest absolute Gasteiger partial charge is 0.317 e. The summed E-state index contributed by atoms with van der Waals surface area (Å²) in [5.41, 5.74) is -4.44. The summed E-state index contributed by atoms with van der Waals surface area (Å²) in [7, 11) is 0. The lowest BCUT2D eigenvalue weighted by atomic mass is 10.2. The normalized spacial score (nSPS) is 10.6. The Morgan fingerprint density at radius 2 is 1.89 bits per heavy atom. The Hall–Kier alpha value is -2.84. The Morgan fingerprint density at radius 1 is 1.26 bits per heavy atom. The Kier molecular flexibility index (Phi) is 2.74. The van der Waals surface area contributed by atoms with E-state index in [0.29, 0.717) is 12.1 Å². The maximum absolute atomic E-state index is 13.4. The summed E-state index contributed by atoms with van der Waals surface area (Å²) < 4.78 is 26.6.